The minimum atomic E-state index is -0.194. The van der Waals surface area contributed by atoms with Gasteiger partial charge in [0.2, 0.25) is 0 Å². The van der Waals surface area contributed by atoms with E-state index in [4.69, 9.17) is 4.74 Å². The van der Waals surface area contributed by atoms with Crippen molar-refractivity contribution in [3.8, 4) is 5.75 Å². The minimum absolute atomic E-state index is 0.0763. The van der Waals surface area contributed by atoms with E-state index >= 15 is 0 Å². The van der Waals surface area contributed by atoms with Crippen molar-refractivity contribution in [3.63, 3.8) is 0 Å². The van der Waals surface area contributed by atoms with Gasteiger partial charge < -0.3 is 10.1 Å². The molecule has 2 aromatic carbocycles. The summed E-state index contributed by atoms with van der Waals surface area (Å²) >= 11 is 3.27. The summed E-state index contributed by atoms with van der Waals surface area (Å²) in [6.45, 7) is 0.662. The van der Waals surface area contributed by atoms with Crippen LogP contribution in [0.4, 0.5) is 4.39 Å². The van der Waals surface area contributed by atoms with Crippen molar-refractivity contribution in [1.82, 2.24) is 5.32 Å². The summed E-state index contributed by atoms with van der Waals surface area (Å²) in [6, 6.07) is 13.4. The molecule has 0 bridgehead atoms. The zero-order valence-electron chi connectivity index (χ0n) is 11.8. The van der Waals surface area contributed by atoms with Crippen molar-refractivity contribution in [2.75, 3.05) is 13.7 Å². The van der Waals surface area contributed by atoms with Crippen molar-refractivity contribution in [2.45, 2.75) is 18.4 Å². The zero-order valence-corrected chi connectivity index (χ0v) is 13.4. The van der Waals surface area contributed by atoms with Crippen LogP contribution >= 0.6 is 15.9 Å². The van der Waals surface area contributed by atoms with Crippen LogP contribution in [-0.4, -0.2) is 13.7 Å². The molecule has 1 aliphatic heterocycles. The molecule has 0 saturated carbocycles. The normalized spacial score (nSPS) is 18.7. The predicted molar refractivity (Wildman–Crippen MR) is 85.2 cm³/mol. The molecule has 0 fully saturated rings. The average molecular weight is 350 g/mol. The number of halogens is 2. The number of hydrogen-bond donors (Lipinski definition) is 1. The van der Waals surface area contributed by atoms with Gasteiger partial charge in [-0.15, -0.1) is 0 Å². The molecule has 1 aliphatic rings. The quantitative estimate of drug-likeness (QED) is 0.885. The van der Waals surface area contributed by atoms with Crippen LogP contribution in [0.15, 0.2) is 46.9 Å². The van der Waals surface area contributed by atoms with E-state index in [1.807, 2.05) is 37.4 Å². The molecule has 1 N–H and O–H groups in total. The lowest BCUT2D eigenvalue weighted by molar-refractivity contribution is 0.247. The van der Waals surface area contributed by atoms with Gasteiger partial charge in [0.05, 0.1) is 11.1 Å². The summed E-state index contributed by atoms with van der Waals surface area (Å²) < 4.78 is 20.7. The van der Waals surface area contributed by atoms with Gasteiger partial charge in [-0.05, 0) is 47.1 Å². The van der Waals surface area contributed by atoms with E-state index < -0.39 is 0 Å². The number of rotatable bonds is 3. The fourth-order valence-electron chi connectivity index (χ4n) is 3.05. The number of hydrogen-bond acceptors (Lipinski definition) is 2. The Labute approximate surface area is 132 Å². The van der Waals surface area contributed by atoms with Gasteiger partial charge in [-0.1, -0.05) is 30.3 Å². The lowest BCUT2D eigenvalue weighted by atomic mass is 9.83. The van der Waals surface area contributed by atoms with Gasteiger partial charge in [-0.25, -0.2) is 4.39 Å². The summed E-state index contributed by atoms with van der Waals surface area (Å²) in [5, 5.41) is 3.28. The predicted octanol–water partition coefficient (Wildman–Crippen LogP) is 4.42. The van der Waals surface area contributed by atoms with Crippen LogP contribution < -0.4 is 10.1 Å². The van der Waals surface area contributed by atoms with E-state index in [1.54, 1.807) is 6.07 Å². The zero-order chi connectivity index (χ0) is 14.8. The second kappa shape index (κ2) is 6.16. The highest BCUT2D eigenvalue weighted by molar-refractivity contribution is 9.10. The van der Waals surface area contributed by atoms with Gasteiger partial charge in [-0.2, -0.15) is 0 Å². The Morgan fingerprint density at radius 3 is 2.86 bits per heavy atom. The first kappa shape index (κ1) is 14.5. The Morgan fingerprint density at radius 1 is 1.24 bits per heavy atom. The van der Waals surface area contributed by atoms with Crippen LogP contribution in [0, 0.1) is 5.82 Å². The van der Waals surface area contributed by atoms with Gasteiger partial charge in [0.15, 0.2) is 0 Å². The molecule has 3 rings (SSSR count). The van der Waals surface area contributed by atoms with Crippen molar-refractivity contribution in [2.24, 2.45) is 0 Å². The standard InChI is InChI=1S/C17H17BrFNO/c1-20-17(13-6-4-7-14(18)16(13)19)12-9-10-21-15-8-3-2-5-11(12)15/h2-8,12,17,20H,9-10H2,1H3. The molecule has 0 amide bonds. The lowest BCUT2D eigenvalue weighted by Crippen LogP contribution is -2.28. The van der Waals surface area contributed by atoms with Crippen LogP contribution in [0.5, 0.6) is 5.75 Å². The molecule has 0 spiro atoms. The molecule has 110 valence electrons. The monoisotopic (exact) mass is 349 g/mol. The first-order valence-corrected chi connectivity index (χ1v) is 7.84. The molecule has 21 heavy (non-hydrogen) atoms. The molecule has 0 aromatic heterocycles. The van der Waals surface area contributed by atoms with Crippen LogP contribution in [-0.2, 0) is 0 Å². The molecule has 2 unspecified atom stereocenters. The largest absolute Gasteiger partial charge is 0.493 e. The molecule has 0 saturated heterocycles. The van der Waals surface area contributed by atoms with Gasteiger partial charge in [0.1, 0.15) is 11.6 Å². The number of fused-ring (bicyclic) bond motifs is 1. The maximum absolute atomic E-state index is 14.5. The first-order chi connectivity index (χ1) is 10.2. The van der Waals surface area contributed by atoms with Gasteiger partial charge in [0, 0.05) is 17.5 Å². The highest BCUT2D eigenvalue weighted by atomic mass is 79.9. The van der Waals surface area contributed by atoms with Gasteiger partial charge >= 0.3 is 0 Å². The number of nitrogens with one attached hydrogen (secondary N) is 1. The molecule has 2 nitrogen and oxygen atoms in total. The first-order valence-electron chi connectivity index (χ1n) is 7.05. The van der Waals surface area contributed by atoms with E-state index in [1.165, 1.54) is 0 Å². The smallest absolute Gasteiger partial charge is 0.142 e. The van der Waals surface area contributed by atoms with Crippen LogP contribution in [0.2, 0.25) is 0 Å². The summed E-state index contributed by atoms with van der Waals surface area (Å²) in [4.78, 5) is 0. The third-order valence-corrected chi connectivity index (χ3v) is 4.65. The highest BCUT2D eigenvalue weighted by Gasteiger charge is 2.30. The summed E-state index contributed by atoms with van der Waals surface area (Å²) in [7, 11) is 1.88. The van der Waals surface area contributed by atoms with Crippen molar-refractivity contribution in [3.05, 3.63) is 63.9 Å². The second-order valence-electron chi connectivity index (χ2n) is 5.19. The molecule has 0 aliphatic carbocycles. The fourth-order valence-corrected chi connectivity index (χ4v) is 3.43. The van der Waals surface area contributed by atoms with E-state index in [2.05, 4.69) is 27.3 Å². The third-order valence-electron chi connectivity index (χ3n) is 4.03. The van der Waals surface area contributed by atoms with Crippen LogP contribution in [0.1, 0.15) is 29.5 Å². The highest BCUT2D eigenvalue weighted by Crippen LogP contribution is 2.42. The molecular formula is C17H17BrFNO. The number of likely N-dealkylation sites (N-methyl/N-ethyl adjacent to an activating group) is 1. The van der Waals surface area contributed by atoms with Crippen LogP contribution in [0.3, 0.4) is 0 Å². The van der Waals surface area contributed by atoms with Crippen molar-refractivity contribution >= 4 is 15.9 Å². The van der Waals surface area contributed by atoms with Gasteiger partial charge in [-0.3, -0.25) is 0 Å². The molecule has 2 atom stereocenters. The Morgan fingerprint density at radius 2 is 2.05 bits per heavy atom. The summed E-state index contributed by atoms with van der Waals surface area (Å²) in [5.74, 6) is 0.911. The molecule has 0 radical (unpaired) electrons. The average Bonchev–Trinajstić information content (AvgIpc) is 2.52. The van der Waals surface area contributed by atoms with E-state index in [0.29, 0.717) is 16.6 Å². The Kier molecular flexibility index (Phi) is 4.27. The summed E-state index contributed by atoms with van der Waals surface area (Å²) in [6.07, 6.45) is 0.870. The SMILES string of the molecule is CNC(c1cccc(Br)c1F)C1CCOc2ccccc21. The maximum atomic E-state index is 14.5. The molecule has 1 heterocycles. The van der Waals surface area contributed by atoms with Crippen molar-refractivity contribution in [1.29, 1.82) is 0 Å². The van der Waals surface area contributed by atoms with Crippen LogP contribution in [0.25, 0.3) is 0 Å². The van der Waals surface area contributed by atoms with Gasteiger partial charge in [0.25, 0.3) is 0 Å². The number of para-hydroxylation sites is 1. The third kappa shape index (κ3) is 2.70. The maximum Gasteiger partial charge on any atom is 0.142 e. The minimum Gasteiger partial charge on any atom is -0.493 e. The van der Waals surface area contributed by atoms with E-state index in [9.17, 15) is 4.39 Å². The number of ether oxygens (including phenoxy) is 1. The molecule has 4 heteroatoms. The van der Waals surface area contributed by atoms with E-state index in [-0.39, 0.29) is 17.8 Å². The van der Waals surface area contributed by atoms with E-state index in [0.717, 1.165) is 17.7 Å². The topological polar surface area (TPSA) is 21.3 Å². The Bertz CT molecular complexity index is 646. The molecule has 2 aromatic rings. The number of benzene rings is 2. The lowest BCUT2D eigenvalue weighted by Gasteiger charge is -2.32. The second-order valence-corrected chi connectivity index (χ2v) is 6.05. The summed E-state index contributed by atoms with van der Waals surface area (Å²) in [5.41, 5.74) is 1.83. The van der Waals surface area contributed by atoms with Crippen molar-refractivity contribution < 1.29 is 9.13 Å². The molecular weight excluding hydrogens is 333 g/mol. The Balaban J connectivity index is 2.04. The Hall–Kier alpha value is -1.39. The fraction of sp³-hybridized carbons (Fsp3) is 0.294.